The van der Waals surface area contributed by atoms with Crippen molar-refractivity contribution in [3.8, 4) is 0 Å². The van der Waals surface area contributed by atoms with Gasteiger partial charge < -0.3 is 0 Å². The fourth-order valence-electron chi connectivity index (χ4n) is 2.22. The van der Waals surface area contributed by atoms with Crippen LogP contribution in [0.15, 0.2) is 48.5 Å². The van der Waals surface area contributed by atoms with Gasteiger partial charge in [-0.05, 0) is 34.7 Å². The van der Waals surface area contributed by atoms with Crippen molar-refractivity contribution in [3.05, 3.63) is 48.5 Å². The number of hydrogen-bond donors (Lipinski definition) is 0. The average Bonchev–Trinajstić information content (AvgIpc) is 3.11. The molecule has 4 aromatic rings. The number of aromatic nitrogens is 6. The van der Waals surface area contributed by atoms with Crippen molar-refractivity contribution in [2.75, 3.05) is 12.2 Å². The minimum absolute atomic E-state index is 0.837. The van der Waals surface area contributed by atoms with Crippen LogP contribution in [0, 0.1) is 0 Å². The zero-order chi connectivity index (χ0) is 13.5. The van der Waals surface area contributed by atoms with Crippen LogP contribution in [-0.4, -0.2) is 37.3 Å². The maximum Gasteiger partial charge on any atom is 0.115 e. The van der Waals surface area contributed by atoms with E-state index in [1.165, 1.54) is 0 Å². The van der Waals surface area contributed by atoms with E-state index in [9.17, 15) is 0 Å². The largest absolute Gasteiger partial charge is 0.184 e. The Labute approximate surface area is 114 Å². The van der Waals surface area contributed by atoms with Gasteiger partial charge in [-0.2, -0.15) is 5.12 Å². The first kappa shape index (κ1) is 10.9. The minimum atomic E-state index is 0.837. The molecule has 0 aliphatic rings. The SMILES string of the molecule is CN(n1nnc2ccccc21)n1nnc2ccccc21. The third-order valence-electron chi connectivity index (χ3n) is 3.22. The normalized spacial score (nSPS) is 11.2. The molecule has 0 bridgehead atoms. The molecule has 0 unspecified atom stereocenters. The van der Waals surface area contributed by atoms with Crippen LogP contribution >= 0.6 is 0 Å². The predicted octanol–water partition coefficient (Wildman–Crippen LogP) is 1.21. The second kappa shape index (κ2) is 4.02. The van der Waals surface area contributed by atoms with E-state index in [4.69, 9.17) is 0 Å². The van der Waals surface area contributed by atoms with E-state index in [-0.39, 0.29) is 0 Å². The Hall–Kier alpha value is -2.96. The van der Waals surface area contributed by atoms with Crippen LogP contribution in [-0.2, 0) is 0 Å². The van der Waals surface area contributed by atoms with Crippen LogP contribution < -0.4 is 5.12 Å². The second-order valence-electron chi connectivity index (χ2n) is 4.42. The monoisotopic (exact) mass is 265 g/mol. The van der Waals surface area contributed by atoms with E-state index in [1.807, 2.05) is 55.6 Å². The second-order valence-corrected chi connectivity index (χ2v) is 4.42. The van der Waals surface area contributed by atoms with Crippen LogP contribution in [0.5, 0.6) is 0 Å². The molecule has 2 heterocycles. The molecule has 0 amide bonds. The lowest BCUT2D eigenvalue weighted by Gasteiger charge is -2.18. The molecule has 7 nitrogen and oxygen atoms in total. The molecule has 2 aromatic heterocycles. The summed E-state index contributed by atoms with van der Waals surface area (Å²) >= 11 is 0. The Morgan fingerprint density at radius 3 is 1.70 bits per heavy atom. The summed E-state index contributed by atoms with van der Waals surface area (Å²) in [6.07, 6.45) is 0. The lowest BCUT2D eigenvalue weighted by molar-refractivity contribution is 0.474. The molecular weight excluding hydrogens is 254 g/mol. The quantitative estimate of drug-likeness (QED) is 0.545. The number of hydrogen-bond acceptors (Lipinski definition) is 5. The van der Waals surface area contributed by atoms with Crippen molar-refractivity contribution in [1.82, 2.24) is 30.2 Å². The van der Waals surface area contributed by atoms with Gasteiger partial charge >= 0.3 is 0 Å². The molecule has 0 saturated carbocycles. The lowest BCUT2D eigenvalue weighted by atomic mass is 10.3. The molecule has 0 atom stereocenters. The third-order valence-corrected chi connectivity index (χ3v) is 3.22. The van der Waals surface area contributed by atoms with Crippen LogP contribution in [0.3, 0.4) is 0 Å². The number of fused-ring (bicyclic) bond motifs is 2. The van der Waals surface area contributed by atoms with Crippen molar-refractivity contribution < 1.29 is 0 Å². The first-order valence-corrected chi connectivity index (χ1v) is 6.20. The summed E-state index contributed by atoms with van der Waals surface area (Å²) in [6.45, 7) is 0. The third kappa shape index (κ3) is 1.46. The van der Waals surface area contributed by atoms with Gasteiger partial charge in [0, 0.05) is 7.05 Å². The summed E-state index contributed by atoms with van der Waals surface area (Å²) < 4.78 is 0. The van der Waals surface area contributed by atoms with E-state index in [1.54, 1.807) is 14.7 Å². The maximum atomic E-state index is 4.16. The number of para-hydroxylation sites is 2. The Morgan fingerprint density at radius 2 is 1.20 bits per heavy atom. The highest BCUT2D eigenvalue weighted by Gasteiger charge is 2.12. The smallest absolute Gasteiger partial charge is 0.115 e. The molecule has 20 heavy (non-hydrogen) atoms. The highest BCUT2D eigenvalue weighted by atomic mass is 15.9. The summed E-state index contributed by atoms with van der Waals surface area (Å²) in [6, 6.07) is 15.6. The summed E-state index contributed by atoms with van der Waals surface area (Å²) in [4.78, 5) is 3.38. The summed E-state index contributed by atoms with van der Waals surface area (Å²) in [7, 11) is 1.86. The van der Waals surface area contributed by atoms with Gasteiger partial charge in [-0.25, -0.2) is 0 Å². The first-order valence-electron chi connectivity index (χ1n) is 6.20. The van der Waals surface area contributed by atoms with E-state index < -0.39 is 0 Å². The molecule has 0 radical (unpaired) electrons. The van der Waals surface area contributed by atoms with Crippen LogP contribution in [0.25, 0.3) is 22.1 Å². The fourth-order valence-corrected chi connectivity index (χ4v) is 2.22. The Morgan fingerprint density at radius 1 is 0.750 bits per heavy atom. The summed E-state index contributed by atoms with van der Waals surface area (Å²) in [5.41, 5.74) is 3.50. The minimum Gasteiger partial charge on any atom is -0.184 e. The first-order chi connectivity index (χ1) is 9.84. The van der Waals surface area contributed by atoms with Gasteiger partial charge in [0.05, 0.1) is 0 Å². The molecule has 7 heteroatoms. The van der Waals surface area contributed by atoms with Crippen molar-refractivity contribution >= 4 is 22.1 Å². The highest BCUT2D eigenvalue weighted by molar-refractivity contribution is 5.75. The maximum absolute atomic E-state index is 4.16. The Kier molecular flexibility index (Phi) is 2.19. The zero-order valence-corrected chi connectivity index (χ0v) is 10.7. The predicted molar refractivity (Wildman–Crippen MR) is 74.6 cm³/mol. The van der Waals surface area contributed by atoms with Crippen LogP contribution in [0.1, 0.15) is 0 Å². The van der Waals surface area contributed by atoms with E-state index >= 15 is 0 Å². The van der Waals surface area contributed by atoms with Crippen molar-refractivity contribution in [2.45, 2.75) is 0 Å². The van der Waals surface area contributed by atoms with Gasteiger partial charge in [0.2, 0.25) is 0 Å². The van der Waals surface area contributed by atoms with Crippen LogP contribution in [0.2, 0.25) is 0 Å². The number of nitrogens with zero attached hydrogens (tertiary/aromatic N) is 7. The van der Waals surface area contributed by atoms with Gasteiger partial charge in [0.1, 0.15) is 22.1 Å². The van der Waals surface area contributed by atoms with Gasteiger partial charge in [0.25, 0.3) is 0 Å². The molecule has 0 fully saturated rings. The fraction of sp³-hybridized carbons (Fsp3) is 0.0769. The van der Waals surface area contributed by atoms with Crippen LogP contribution in [0.4, 0.5) is 0 Å². The molecule has 2 aromatic carbocycles. The highest BCUT2D eigenvalue weighted by Crippen LogP contribution is 2.13. The molecular formula is C13H11N7. The Bertz CT molecular complexity index is 818. The number of benzene rings is 2. The summed E-state index contributed by atoms with van der Waals surface area (Å²) in [5, 5.41) is 18.4. The topological polar surface area (TPSA) is 64.7 Å². The van der Waals surface area contributed by atoms with Crippen molar-refractivity contribution in [2.24, 2.45) is 0 Å². The molecule has 0 aliphatic carbocycles. The Balaban J connectivity index is 1.90. The van der Waals surface area contributed by atoms with Gasteiger partial charge in [-0.15, -0.1) is 19.8 Å². The van der Waals surface area contributed by atoms with Gasteiger partial charge in [0.15, 0.2) is 0 Å². The average molecular weight is 265 g/mol. The lowest BCUT2D eigenvalue weighted by Crippen LogP contribution is -2.37. The van der Waals surface area contributed by atoms with Gasteiger partial charge in [-0.3, -0.25) is 0 Å². The van der Waals surface area contributed by atoms with Crippen molar-refractivity contribution in [3.63, 3.8) is 0 Å². The zero-order valence-electron chi connectivity index (χ0n) is 10.7. The molecule has 0 N–H and O–H groups in total. The molecule has 0 aliphatic heterocycles. The van der Waals surface area contributed by atoms with Gasteiger partial charge in [-0.1, -0.05) is 24.3 Å². The molecule has 98 valence electrons. The standard InChI is InChI=1S/C13H11N7/c1-18(19-12-8-4-2-6-10(12)14-16-19)20-13-9-5-3-7-11(13)15-17-20/h2-9H,1H3. The van der Waals surface area contributed by atoms with E-state index in [2.05, 4.69) is 20.6 Å². The van der Waals surface area contributed by atoms with Crippen molar-refractivity contribution in [1.29, 1.82) is 0 Å². The van der Waals surface area contributed by atoms with E-state index in [0.29, 0.717) is 0 Å². The molecule has 4 rings (SSSR count). The number of rotatable bonds is 2. The molecule has 0 spiro atoms. The van der Waals surface area contributed by atoms with E-state index in [0.717, 1.165) is 22.1 Å². The molecule has 0 saturated heterocycles. The summed E-state index contributed by atoms with van der Waals surface area (Å²) in [5.74, 6) is 0.